The third-order valence-electron chi connectivity index (χ3n) is 0.303. The number of hydrogen-bond acceptors (Lipinski definition) is 5. The summed E-state index contributed by atoms with van der Waals surface area (Å²) in [6.07, 6.45) is 0. The molecule has 0 N–H and O–H groups in total. The van der Waals surface area contributed by atoms with E-state index < -0.39 is 0 Å². The first-order valence-corrected chi connectivity index (χ1v) is 5.63. The fourth-order valence-corrected chi connectivity index (χ4v) is 3.05. The van der Waals surface area contributed by atoms with Crippen molar-refractivity contribution in [3.05, 3.63) is 0 Å². The minimum atomic E-state index is 0.0220. The van der Waals surface area contributed by atoms with Crippen molar-refractivity contribution in [1.82, 2.24) is 0 Å². The van der Waals surface area contributed by atoms with Crippen molar-refractivity contribution in [3.63, 3.8) is 0 Å². The van der Waals surface area contributed by atoms with E-state index in [1.54, 1.807) is 0 Å². The van der Waals surface area contributed by atoms with Gasteiger partial charge in [0, 0.05) is 13.8 Å². The van der Waals surface area contributed by atoms with Crippen LogP contribution in [-0.2, 0) is 9.59 Å². The maximum Gasteiger partial charge on any atom is 0.197 e. The van der Waals surface area contributed by atoms with Crippen LogP contribution in [0.4, 0.5) is 0 Å². The standard InChI is InChI=1S/C4H6O2S3/c1-3(5)7-9-8-4(2)6/h1-2H3. The predicted molar refractivity (Wildman–Crippen MR) is 44.1 cm³/mol. The SMILES string of the molecule is CC(=O)SSSC(C)=O. The Morgan fingerprint density at radius 2 is 1.33 bits per heavy atom. The van der Waals surface area contributed by atoms with E-state index >= 15 is 0 Å². The first-order valence-electron chi connectivity index (χ1n) is 2.15. The smallest absolute Gasteiger partial charge is 0.197 e. The van der Waals surface area contributed by atoms with Crippen LogP contribution in [0.5, 0.6) is 0 Å². The molecule has 9 heavy (non-hydrogen) atoms. The lowest BCUT2D eigenvalue weighted by Gasteiger charge is -1.88. The topological polar surface area (TPSA) is 34.1 Å². The van der Waals surface area contributed by atoms with Crippen LogP contribution in [0.3, 0.4) is 0 Å². The van der Waals surface area contributed by atoms with Gasteiger partial charge in [0.1, 0.15) is 0 Å². The van der Waals surface area contributed by atoms with Gasteiger partial charge in [0.15, 0.2) is 10.2 Å². The van der Waals surface area contributed by atoms with Gasteiger partial charge in [-0.05, 0) is 31.4 Å². The molecule has 0 aliphatic heterocycles. The molecule has 0 atom stereocenters. The monoisotopic (exact) mass is 182 g/mol. The zero-order valence-electron chi connectivity index (χ0n) is 5.04. The normalized spacial score (nSPS) is 9.11. The highest BCUT2D eigenvalue weighted by atomic mass is 33.5. The van der Waals surface area contributed by atoms with E-state index in [0.717, 1.165) is 21.6 Å². The van der Waals surface area contributed by atoms with E-state index in [1.165, 1.54) is 23.7 Å². The van der Waals surface area contributed by atoms with Gasteiger partial charge in [-0.25, -0.2) is 0 Å². The quantitative estimate of drug-likeness (QED) is 0.611. The lowest BCUT2D eigenvalue weighted by Crippen LogP contribution is -1.75. The summed E-state index contributed by atoms with van der Waals surface area (Å²) in [5.74, 6) is 0. The highest BCUT2D eigenvalue weighted by Gasteiger charge is 1.97. The summed E-state index contributed by atoms with van der Waals surface area (Å²) in [5, 5.41) is 0.0440. The molecule has 0 amide bonds. The van der Waals surface area contributed by atoms with Crippen LogP contribution in [-0.4, -0.2) is 10.2 Å². The summed E-state index contributed by atoms with van der Waals surface area (Å²) in [5.41, 5.74) is 0. The summed E-state index contributed by atoms with van der Waals surface area (Å²) >= 11 is 0. The molecule has 0 aliphatic rings. The summed E-state index contributed by atoms with van der Waals surface area (Å²) < 4.78 is 0. The lowest BCUT2D eigenvalue weighted by molar-refractivity contribution is -0.109. The van der Waals surface area contributed by atoms with E-state index in [2.05, 4.69) is 0 Å². The minimum absolute atomic E-state index is 0.0220. The van der Waals surface area contributed by atoms with Crippen molar-refractivity contribution in [2.75, 3.05) is 0 Å². The summed E-state index contributed by atoms with van der Waals surface area (Å²) in [6, 6.07) is 0. The molecule has 0 aromatic carbocycles. The molecule has 2 nitrogen and oxygen atoms in total. The summed E-state index contributed by atoms with van der Waals surface area (Å²) in [6.45, 7) is 2.94. The van der Waals surface area contributed by atoms with Crippen molar-refractivity contribution in [2.24, 2.45) is 0 Å². The molecule has 0 aromatic heterocycles. The largest absolute Gasteiger partial charge is 0.287 e. The fourth-order valence-electron chi connectivity index (χ4n) is 0.113. The van der Waals surface area contributed by atoms with Crippen LogP contribution in [0.1, 0.15) is 13.8 Å². The van der Waals surface area contributed by atoms with Gasteiger partial charge in [-0.2, -0.15) is 0 Å². The first kappa shape index (κ1) is 9.39. The molecule has 5 heteroatoms. The average Bonchev–Trinajstić information content (AvgIpc) is 1.63. The number of rotatable bonds is 2. The van der Waals surface area contributed by atoms with Gasteiger partial charge < -0.3 is 0 Å². The van der Waals surface area contributed by atoms with Gasteiger partial charge in [0.25, 0.3) is 0 Å². The van der Waals surface area contributed by atoms with E-state index in [9.17, 15) is 9.59 Å². The molecule has 0 fully saturated rings. The van der Waals surface area contributed by atoms with Crippen molar-refractivity contribution in [3.8, 4) is 0 Å². The molecular weight excluding hydrogens is 176 g/mol. The second-order valence-corrected chi connectivity index (χ2v) is 5.47. The molecule has 0 saturated carbocycles. The molecule has 0 spiro atoms. The van der Waals surface area contributed by atoms with Crippen molar-refractivity contribution in [2.45, 2.75) is 13.8 Å². The fraction of sp³-hybridized carbons (Fsp3) is 0.500. The predicted octanol–water partition coefficient (Wildman–Crippen LogP) is 2.11. The Labute approximate surface area is 65.3 Å². The van der Waals surface area contributed by atoms with Gasteiger partial charge >= 0.3 is 0 Å². The Kier molecular flexibility index (Phi) is 5.42. The van der Waals surface area contributed by atoms with Crippen LogP contribution in [0, 0.1) is 0 Å². The second kappa shape index (κ2) is 5.20. The molecule has 52 valence electrons. The molecule has 0 heterocycles. The zero-order chi connectivity index (χ0) is 7.28. The molecular formula is C4H6O2S3. The second-order valence-electron chi connectivity index (χ2n) is 1.22. The highest BCUT2D eigenvalue weighted by molar-refractivity contribution is 9.14. The molecule has 0 rings (SSSR count). The van der Waals surface area contributed by atoms with E-state index in [0.29, 0.717) is 0 Å². The van der Waals surface area contributed by atoms with E-state index in [-0.39, 0.29) is 10.2 Å². The number of hydrogen-bond donors (Lipinski definition) is 0. The lowest BCUT2D eigenvalue weighted by atomic mass is 10.9. The van der Waals surface area contributed by atoms with Crippen molar-refractivity contribution in [1.29, 1.82) is 0 Å². The van der Waals surface area contributed by atoms with Gasteiger partial charge in [-0.3, -0.25) is 9.59 Å². The Morgan fingerprint density at radius 3 is 1.56 bits per heavy atom. The van der Waals surface area contributed by atoms with Gasteiger partial charge in [-0.15, -0.1) is 0 Å². The summed E-state index contributed by atoms with van der Waals surface area (Å²) in [4.78, 5) is 20.5. The molecule has 0 aliphatic carbocycles. The van der Waals surface area contributed by atoms with Gasteiger partial charge in [0.05, 0.1) is 0 Å². The van der Waals surface area contributed by atoms with Gasteiger partial charge in [-0.1, -0.05) is 0 Å². The van der Waals surface area contributed by atoms with Crippen LogP contribution < -0.4 is 0 Å². The van der Waals surface area contributed by atoms with Crippen LogP contribution in [0.15, 0.2) is 0 Å². The molecule has 0 saturated heterocycles. The van der Waals surface area contributed by atoms with Crippen molar-refractivity contribution < 1.29 is 9.59 Å². The van der Waals surface area contributed by atoms with E-state index in [4.69, 9.17) is 0 Å². The molecule has 0 unspecified atom stereocenters. The third kappa shape index (κ3) is 8.39. The highest BCUT2D eigenvalue weighted by Crippen LogP contribution is 2.34. The van der Waals surface area contributed by atoms with Crippen LogP contribution >= 0.6 is 31.4 Å². The van der Waals surface area contributed by atoms with Crippen LogP contribution in [0.2, 0.25) is 0 Å². The van der Waals surface area contributed by atoms with Gasteiger partial charge in [0.2, 0.25) is 0 Å². The third-order valence-corrected chi connectivity index (χ3v) is 3.95. The van der Waals surface area contributed by atoms with E-state index in [1.807, 2.05) is 0 Å². The Morgan fingerprint density at radius 1 is 1.00 bits per heavy atom. The minimum Gasteiger partial charge on any atom is -0.287 e. The Balaban J connectivity index is 3.10. The number of carbonyl (C=O) groups is 2. The van der Waals surface area contributed by atoms with Crippen LogP contribution in [0.25, 0.3) is 0 Å². The summed E-state index contributed by atoms with van der Waals surface area (Å²) in [7, 11) is 3.36. The maximum atomic E-state index is 10.2. The molecule has 0 radical (unpaired) electrons. The average molecular weight is 182 g/mol. The molecule has 0 bridgehead atoms. The molecule has 0 aromatic rings. The Hall–Kier alpha value is 0.390. The number of carbonyl (C=O) groups excluding carboxylic acids is 2. The maximum absolute atomic E-state index is 10.2. The first-order chi connectivity index (χ1) is 4.13. The zero-order valence-corrected chi connectivity index (χ0v) is 7.49. The van der Waals surface area contributed by atoms with Crippen molar-refractivity contribution >= 4 is 41.6 Å². The Bertz CT molecular complexity index is 109.